The molecule has 17 heavy (non-hydrogen) atoms. The Morgan fingerprint density at radius 1 is 0.941 bits per heavy atom. The van der Waals surface area contributed by atoms with Crippen LogP contribution in [0.2, 0.25) is 0 Å². The van der Waals surface area contributed by atoms with E-state index >= 15 is 0 Å². The summed E-state index contributed by atoms with van der Waals surface area (Å²) in [6.45, 7) is 0. The first-order chi connectivity index (χ1) is 8.08. The summed E-state index contributed by atoms with van der Waals surface area (Å²) in [5.74, 6) is 0. The molecule has 2 unspecified atom stereocenters. The Morgan fingerprint density at radius 2 is 1.59 bits per heavy atom. The second-order valence-corrected chi connectivity index (χ2v) is 8.97. The molecule has 0 saturated heterocycles. The number of hydrogen-bond donors (Lipinski definition) is 0. The SMILES string of the molecule is CN(C)Pc1sc2ccccc2c1PN(C)C. The van der Waals surface area contributed by atoms with Gasteiger partial charge in [0.2, 0.25) is 0 Å². The van der Waals surface area contributed by atoms with Gasteiger partial charge in [-0.25, -0.2) is 0 Å². The summed E-state index contributed by atoms with van der Waals surface area (Å²) >= 11 is 1.95. The Balaban J connectivity index is 2.48. The highest BCUT2D eigenvalue weighted by molar-refractivity contribution is 7.61. The molecule has 5 heteroatoms. The maximum absolute atomic E-state index is 2.28. The van der Waals surface area contributed by atoms with Crippen LogP contribution < -0.4 is 9.92 Å². The lowest BCUT2D eigenvalue weighted by Gasteiger charge is -2.13. The Labute approximate surface area is 111 Å². The molecule has 1 aromatic heterocycles. The van der Waals surface area contributed by atoms with E-state index in [1.165, 1.54) is 20.0 Å². The normalized spacial score (nSPS) is 13.3. The Morgan fingerprint density at radius 3 is 2.24 bits per heavy atom. The van der Waals surface area contributed by atoms with Crippen molar-refractivity contribution in [2.45, 2.75) is 0 Å². The molecular weight excluding hydrogens is 266 g/mol. The van der Waals surface area contributed by atoms with Crippen LogP contribution in [0, 0.1) is 0 Å². The van der Waals surface area contributed by atoms with E-state index in [1.807, 2.05) is 11.3 Å². The highest BCUT2D eigenvalue weighted by Gasteiger charge is 2.13. The van der Waals surface area contributed by atoms with Gasteiger partial charge in [-0.05, 0) is 51.7 Å². The van der Waals surface area contributed by atoms with Gasteiger partial charge in [0.15, 0.2) is 0 Å². The Hall–Kier alpha value is -0.0400. The van der Waals surface area contributed by atoms with E-state index in [0.29, 0.717) is 0 Å². The van der Waals surface area contributed by atoms with E-state index in [4.69, 9.17) is 0 Å². The average Bonchev–Trinajstić information content (AvgIpc) is 2.55. The second-order valence-electron chi connectivity index (χ2n) is 4.31. The lowest BCUT2D eigenvalue weighted by Crippen LogP contribution is -2.18. The van der Waals surface area contributed by atoms with Gasteiger partial charge < -0.3 is 0 Å². The third-order valence-electron chi connectivity index (χ3n) is 2.26. The smallest absolute Gasteiger partial charge is 0.0497 e. The maximum Gasteiger partial charge on any atom is 0.0497 e. The standard InChI is InChI=1S/C12H18N2P2S/c1-13(2)15-11-9-7-5-6-8-10(9)17-12(11)16-14(3)4/h5-8,15-16H,1-4H3. The average molecular weight is 284 g/mol. The van der Waals surface area contributed by atoms with Crippen molar-refractivity contribution in [3.8, 4) is 0 Å². The summed E-state index contributed by atoms with van der Waals surface area (Å²) in [5, 5.41) is 2.97. The monoisotopic (exact) mass is 284 g/mol. The van der Waals surface area contributed by atoms with Gasteiger partial charge in [-0.2, -0.15) is 0 Å². The lowest BCUT2D eigenvalue weighted by molar-refractivity contribution is 0.695. The zero-order valence-electron chi connectivity index (χ0n) is 10.6. The molecule has 0 aliphatic carbocycles. The molecule has 2 rings (SSSR count). The van der Waals surface area contributed by atoms with E-state index in [9.17, 15) is 0 Å². The van der Waals surface area contributed by atoms with Crippen LogP contribution in [0.25, 0.3) is 10.1 Å². The summed E-state index contributed by atoms with van der Waals surface area (Å²) in [6.07, 6.45) is 0. The number of benzene rings is 1. The van der Waals surface area contributed by atoms with Crippen molar-refractivity contribution in [3.05, 3.63) is 24.3 Å². The van der Waals surface area contributed by atoms with Crippen molar-refractivity contribution in [1.82, 2.24) is 9.34 Å². The number of thiophene rings is 1. The number of rotatable bonds is 4. The predicted octanol–water partition coefficient (Wildman–Crippen LogP) is 2.46. The molecule has 1 heterocycles. The molecular formula is C12H18N2P2S. The quantitative estimate of drug-likeness (QED) is 0.796. The van der Waals surface area contributed by atoms with Crippen LogP contribution in [0.15, 0.2) is 24.3 Å². The number of fused-ring (bicyclic) bond motifs is 1. The van der Waals surface area contributed by atoms with Crippen molar-refractivity contribution in [2.75, 3.05) is 28.2 Å². The summed E-state index contributed by atoms with van der Waals surface area (Å²) in [6, 6.07) is 8.75. The van der Waals surface area contributed by atoms with Crippen molar-refractivity contribution < 1.29 is 0 Å². The molecule has 0 bridgehead atoms. The van der Waals surface area contributed by atoms with E-state index in [1.54, 1.807) is 0 Å². The molecule has 0 radical (unpaired) electrons. The fourth-order valence-electron chi connectivity index (χ4n) is 1.66. The fourth-order valence-corrected chi connectivity index (χ4v) is 5.84. The van der Waals surface area contributed by atoms with Crippen molar-refractivity contribution in [1.29, 1.82) is 0 Å². The predicted molar refractivity (Wildman–Crippen MR) is 85.1 cm³/mol. The molecule has 0 fully saturated rings. The largest absolute Gasteiger partial charge is 0.287 e. The first-order valence-electron chi connectivity index (χ1n) is 5.47. The molecule has 0 aliphatic heterocycles. The zero-order chi connectivity index (χ0) is 12.4. The van der Waals surface area contributed by atoms with Crippen molar-refractivity contribution in [3.63, 3.8) is 0 Å². The molecule has 1 aromatic carbocycles. The summed E-state index contributed by atoms with van der Waals surface area (Å²) in [5.41, 5.74) is 0. The van der Waals surface area contributed by atoms with Crippen LogP contribution in [0.3, 0.4) is 0 Å². The van der Waals surface area contributed by atoms with Crippen LogP contribution in [-0.4, -0.2) is 37.5 Å². The van der Waals surface area contributed by atoms with E-state index in [2.05, 4.69) is 61.8 Å². The molecule has 0 amide bonds. The van der Waals surface area contributed by atoms with Gasteiger partial charge in [0.1, 0.15) is 0 Å². The van der Waals surface area contributed by atoms with Crippen LogP contribution in [-0.2, 0) is 0 Å². The minimum absolute atomic E-state index is 0.762. The van der Waals surface area contributed by atoms with Gasteiger partial charge in [0, 0.05) is 20.0 Å². The van der Waals surface area contributed by atoms with E-state index < -0.39 is 0 Å². The number of hydrogen-bond acceptors (Lipinski definition) is 3. The summed E-state index contributed by atoms with van der Waals surface area (Å²) in [4.78, 5) is 0. The van der Waals surface area contributed by atoms with Gasteiger partial charge in [-0.3, -0.25) is 9.34 Å². The fraction of sp³-hybridized carbons (Fsp3) is 0.333. The third-order valence-corrected chi connectivity index (χ3v) is 6.34. The summed E-state index contributed by atoms with van der Waals surface area (Å²) in [7, 11) is 10.1. The first kappa shape index (κ1) is 13.4. The van der Waals surface area contributed by atoms with Crippen molar-refractivity contribution >= 4 is 48.8 Å². The van der Waals surface area contributed by atoms with Crippen LogP contribution in [0.5, 0.6) is 0 Å². The molecule has 2 aromatic rings. The molecule has 0 N–H and O–H groups in total. The highest BCUT2D eigenvalue weighted by Crippen LogP contribution is 2.30. The molecule has 2 nitrogen and oxygen atoms in total. The van der Waals surface area contributed by atoms with E-state index in [-0.39, 0.29) is 0 Å². The molecule has 0 aliphatic rings. The molecule has 2 atom stereocenters. The topological polar surface area (TPSA) is 6.48 Å². The van der Waals surface area contributed by atoms with Crippen LogP contribution >= 0.6 is 28.8 Å². The van der Waals surface area contributed by atoms with E-state index in [0.717, 1.165) is 17.5 Å². The molecule has 0 saturated carbocycles. The van der Waals surface area contributed by atoms with Crippen LogP contribution in [0.4, 0.5) is 0 Å². The van der Waals surface area contributed by atoms with Gasteiger partial charge in [0.05, 0.1) is 0 Å². The van der Waals surface area contributed by atoms with Gasteiger partial charge in [0.25, 0.3) is 0 Å². The number of nitrogens with zero attached hydrogens (tertiary/aromatic N) is 2. The molecule has 92 valence electrons. The maximum atomic E-state index is 2.28. The van der Waals surface area contributed by atoms with Crippen LogP contribution in [0.1, 0.15) is 0 Å². The van der Waals surface area contributed by atoms with Gasteiger partial charge in [-0.1, -0.05) is 18.2 Å². The Bertz CT molecular complexity index is 508. The highest BCUT2D eigenvalue weighted by atomic mass is 32.1. The third kappa shape index (κ3) is 3.24. The van der Waals surface area contributed by atoms with Crippen molar-refractivity contribution in [2.24, 2.45) is 0 Å². The summed E-state index contributed by atoms with van der Waals surface area (Å²) < 4.78 is 7.50. The first-order valence-corrected chi connectivity index (χ1v) is 8.18. The van der Waals surface area contributed by atoms with Gasteiger partial charge in [-0.15, -0.1) is 11.3 Å². The second kappa shape index (κ2) is 5.73. The molecule has 0 spiro atoms. The minimum atomic E-state index is 0.762. The Kier molecular flexibility index (Phi) is 4.52. The zero-order valence-corrected chi connectivity index (χ0v) is 13.4. The lowest BCUT2D eigenvalue weighted by atomic mass is 10.3. The van der Waals surface area contributed by atoms with Gasteiger partial charge >= 0.3 is 0 Å². The minimum Gasteiger partial charge on any atom is -0.287 e.